The number of nitrogens with zero attached hydrogens (tertiary/aromatic N) is 2. The van der Waals surface area contributed by atoms with Crippen molar-refractivity contribution < 1.29 is 13.6 Å². The molecule has 2 aromatic carbocycles. The molecule has 5 nitrogen and oxygen atoms in total. The van der Waals surface area contributed by atoms with E-state index in [2.05, 4.69) is 10.3 Å². The lowest BCUT2D eigenvalue weighted by Crippen LogP contribution is -2.31. The molecule has 0 aliphatic heterocycles. The first-order valence-corrected chi connectivity index (χ1v) is 7.90. The van der Waals surface area contributed by atoms with Crippen molar-refractivity contribution in [3.8, 4) is 11.3 Å². The molecule has 0 unspecified atom stereocenters. The average molecular weight is 355 g/mol. The van der Waals surface area contributed by atoms with Crippen LogP contribution in [0.25, 0.3) is 11.3 Å². The molecule has 0 saturated heterocycles. The van der Waals surface area contributed by atoms with Crippen LogP contribution in [0.2, 0.25) is 0 Å². The number of aromatic nitrogens is 2. The Morgan fingerprint density at radius 2 is 1.85 bits per heavy atom. The number of halogens is 2. The maximum absolute atomic E-state index is 13.6. The lowest BCUT2D eigenvalue weighted by atomic mass is 10.1. The van der Waals surface area contributed by atoms with Gasteiger partial charge in [0.2, 0.25) is 0 Å². The molecular formula is C19H15F2N3O2. The largest absolute Gasteiger partial charge is 0.350 e. The van der Waals surface area contributed by atoms with Gasteiger partial charge in [0, 0.05) is 30.8 Å². The van der Waals surface area contributed by atoms with E-state index in [1.807, 2.05) is 30.3 Å². The first kappa shape index (κ1) is 17.5. The minimum atomic E-state index is -0.937. The maximum Gasteiger partial charge on any atom is 0.254 e. The number of amides is 1. The first-order valence-electron chi connectivity index (χ1n) is 7.90. The van der Waals surface area contributed by atoms with Crippen molar-refractivity contribution in [2.45, 2.75) is 6.54 Å². The predicted octanol–water partition coefficient (Wildman–Crippen LogP) is 2.62. The Hall–Kier alpha value is -3.35. The van der Waals surface area contributed by atoms with Gasteiger partial charge in [-0.05, 0) is 12.1 Å². The average Bonchev–Trinajstić information content (AvgIpc) is 2.63. The summed E-state index contributed by atoms with van der Waals surface area (Å²) in [7, 11) is 0. The molecule has 1 heterocycles. The molecule has 0 radical (unpaired) electrons. The lowest BCUT2D eigenvalue weighted by molar-refractivity contribution is 0.0948. The zero-order valence-electron chi connectivity index (χ0n) is 13.7. The smallest absolute Gasteiger partial charge is 0.254 e. The molecule has 0 aliphatic rings. The van der Waals surface area contributed by atoms with Crippen LogP contribution in [-0.2, 0) is 6.54 Å². The number of hydrogen-bond acceptors (Lipinski definition) is 3. The van der Waals surface area contributed by atoms with Crippen LogP contribution in [0.4, 0.5) is 8.78 Å². The summed E-state index contributed by atoms with van der Waals surface area (Å²) in [5.74, 6) is -2.37. The Balaban J connectivity index is 1.63. The van der Waals surface area contributed by atoms with Crippen molar-refractivity contribution in [3.63, 3.8) is 0 Å². The number of hydrogen-bond donors (Lipinski definition) is 1. The van der Waals surface area contributed by atoms with E-state index in [9.17, 15) is 18.4 Å². The van der Waals surface area contributed by atoms with Crippen molar-refractivity contribution in [3.05, 3.63) is 88.5 Å². The van der Waals surface area contributed by atoms with Gasteiger partial charge in [0.05, 0.1) is 17.6 Å². The summed E-state index contributed by atoms with van der Waals surface area (Å²) >= 11 is 0. The highest BCUT2D eigenvalue weighted by atomic mass is 19.1. The van der Waals surface area contributed by atoms with Gasteiger partial charge in [0.15, 0.2) is 0 Å². The minimum Gasteiger partial charge on any atom is -0.350 e. The third kappa shape index (κ3) is 4.00. The van der Waals surface area contributed by atoms with E-state index in [-0.39, 0.29) is 24.2 Å². The van der Waals surface area contributed by atoms with E-state index >= 15 is 0 Å². The Bertz CT molecular complexity index is 988. The van der Waals surface area contributed by atoms with Crippen LogP contribution in [-0.4, -0.2) is 22.0 Å². The number of carbonyl (C=O) groups is 1. The van der Waals surface area contributed by atoms with Gasteiger partial charge in [-0.15, -0.1) is 0 Å². The van der Waals surface area contributed by atoms with Gasteiger partial charge < -0.3 is 5.32 Å². The van der Waals surface area contributed by atoms with Crippen molar-refractivity contribution in [1.82, 2.24) is 14.9 Å². The topological polar surface area (TPSA) is 64.0 Å². The summed E-state index contributed by atoms with van der Waals surface area (Å²) in [5, 5.41) is 2.49. The Morgan fingerprint density at radius 3 is 2.54 bits per heavy atom. The molecule has 0 saturated carbocycles. The highest BCUT2D eigenvalue weighted by Crippen LogP contribution is 2.13. The van der Waals surface area contributed by atoms with Gasteiger partial charge in [0.1, 0.15) is 11.6 Å². The Labute approximate surface area is 147 Å². The third-order valence-electron chi connectivity index (χ3n) is 3.76. The summed E-state index contributed by atoms with van der Waals surface area (Å²) < 4.78 is 27.8. The van der Waals surface area contributed by atoms with Crippen molar-refractivity contribution in [2.75, 3.05) is 6.54 Å². The highest BCUT2D eigenvalue weighted by Gasteiger charge is 2.12. The number of benzene rings is 2. The summed E-state index contributed by atoms with van der Waals surface area (Å²) in [6, 6.07) is 13.4. The molecule has 1 N–H and O–H groups in total. The quantitative estimate of drug-likeness (QED) is 0.765. The molecule has 1 aromatic heterocycles. The minimum absolute atomic E-state index is 0.0991. The van der Waals surface area contributed by atoms with E-state index < -0.39 is 17.5 Å². The second-order valence-electron chi connectivity index (χ2n) is 5.55. The molecule has 132 valence electrons. The zero-order valence-corrected chi connectivity index (χ0v) is 13.7. The fourth-order valence-corrected chi connectivity index (χ4v) is 2.42. The van der Waals surface area contributed by atoms with Gasteiger partial charge in [0.25, 0.3) is 11.5 Å². The number of carbonyl (C=O) groups excluding carboxylic acids is 1. The second kappa shape index (κ2) is 7.69. The molecular weight excluding hydrogens is 340 g/mol. The molecule has 7 heteroatoms. The molecule has 26 heavy (non-hydrogen) atoms. The van der Waals surface area contributed by atoms with E-state index in [1.54, 1.807) is 0 Å². The molecule has 0 fully saturated rings. The van der Waals surface area contributed by atoms with Crippen LogP contribution in [0.3, 0.4) is 0 Å². The zero-order chi connectivity index (χ0) is 18.5. The molecule has 0 bridgehead atoms. The third-order valence-corrected chi connectivity index (χ3v) is 3.76. The van der Waals surface area contributed by atoms with Gasteiger partial charge in [-0.3, -0.25) is 14.2 Å². The van der Waals surface area contributed by atoms with E-state index in [0.717, 1.165) is 17.7 Å². The highest BCUT2D eigenvalue weighted by molar-refractivity contribution is 5.94. The lowest BCUT2D eigenvalue weighted by Gasteiger charge is -2.09. The van der Waals surface area contributed by atoms with Gasteiger partial charge in [-0.2, -0.15) is 0 Å². The molecule has 0 atom stereocenters. The number of rotatable bonds is 5. The van der Waals surface area contributed by atoms with Crippen molar-refractivity contribution >= 4 is 5.91 Å². The maximum atomic E-state index is 13.6. The number of nitrogens with one attached hydrogen (secondary N) is 1. The summed E-state index contributed by atoms with van der Waals surface area (Å²) in [5.41, 5.74) is 0.874. The van der Waals surface area contributed by atoms with Gasteiger partial charge in [-0.25, -0.2) is 13.8 Å². The SMILES string of the molecule is O=C(NCCn1cnc(-c2ccccc2)cc1=O)c1ccc(F)cc1F. The van der Waals surface area contributed by atoms with Crippen molar-refractivity contribution in [1.29, 1.82) is 0 Å². The van der Waals surface area contributed by atoms with Gasteiger partial charge in [-0.1, -0.05) is 30.3 Å². The Kier molecular flexibility index (Phi) is 5.17. The standard InChI is InChI=1S/C19H15F2N3O2/c20-14-6-7-15(16(21)10-14)19(26)22-8-9-24-12-23-17(11-18(24)25)13-4-2-1-3-5-13/h1-7,10-12H,8-9H2,(H,22,26). The van der Waals surface area contributed by atoms with Crippen LogP contribution in [0, 0.1) is 11.6 Å². The van der Waals surface area contributed by atoms with Crippen LogP contribution >= 0.6 is 0 Å². The molecule has 0 aliphatic carbocycles. The summed E-state index contributed by atoms with van der Waals surface area (Å²) in [6.45, 7) is 0.275. The fraction of sp³-hybridized carbons (Fsp3) is 0.105. The van der Waals surface area contributed by atoms with E-state index in [4.69, 9.17) is 0 Å². The van der Waals surface area contributed by atoms with Crippen molar-refractivity contribution in [2.24, 2.45) is 0 Å². The van der Waals surface area contributed by atoms with Gasteiger partial charge >= 0.3 is 0 Å². The summed E-state index contributed by atoms with van der Waals surface area (Å²) in [6.07, 6.45) is 1.40. The first-order chi connectivity index (χ1) is 12.5. The monoisotopic (exact) mass is 355 g/mol. The van der Waals surface area contributed by atoms with E-state index in [0.29, 0.717) is 11.8 Å². The van der Waals surface area contributed by atoms with Crippen LogP contribution in [0.15, 0.2) is 65.7 Å². The van der Waals surface area contributed by atoms with Crippen LogP contribution in [0.1, 0.15) is 10.4 Å². The molecule has 3 aromatic rings. The molecule has 0 spiro atoms. The van der Waals surface area contributed by atoms with Crippen LogP contribution < -0.4 is 10.9 Å². The fourth-order valence-electron chi connectivity index (χ4n) is 2.42. The summed E-state index contributed by atoms with van der Waals surface area (Å²) in [4.78, 5) is 28.3. The predicted molar refractivity (Wildman–Crippen MR) is 92.6 cm³/mol. The normalized spacial score (nSPS) is 10.5. The molecule has 1 amide bonds. The Morgan fingerprint density at radius 1 is 1.08 bits per heavy atom. The van der Waals surface area contributed by atoms with Crippen LogP contribution in [0.5, 0.6) is 0 Å². The van der Waals surface area contributed by atoms with E-state index in [1.165, 1.54) is 17.0 Å². The molecule has 3 rings (SSSR count). The second-order valence-corrected chi connectivity index (χ2v) is 5.55.